The molecule has 188 valence electrons. The van der Waals surface area contributed by atoms with Crippen LogP contribution in [0.15, 0.2) is 97.1 Å². The maximum Gasteiger partial charge on any atom is 0.149 e. The minimum Gasteiger partial charge on any atom is -0.138 e. The first-order valence-corrected chi connectivity index (χ1v) is 14.2. The van der Waals surface area contributed by atoms with Crippen LogP contribution in [0.5, 0.6) is 0 Å². The van der Waals surface area contributed by atoms with Crippen molar-refractivity contribution in [2.24, 2.45) is 0 Å². The molecule has 6 rings (SSSR count). The highest BCUT2D eigenvalue weighted by molar-refractivity contribution is 7.18. The predicted octanol–water partition coefficient (Wildman–Crippen LogP) is 9.67. The standard InChI is InChI=1S/2C15H11ClN2S/c2*1-10-6-8-11(9-7-10)14-17-18-15(19-14)12-4-2-3-5-13(12)16/h2*2-9H,1H3. The molecule has 0 bridgehead atoms. The fourth-order valence-electron chi connectivity index (χ4n) is 3.56. The van der Waals surface area contributed by atoms with E-state index in [0.29, 0.717) is 10.0 Å². The molecular formula is C30H22Cl2N4S2. The maximum atomic E-state index is 6.17. The largest absolute Gasteiger partial charge is 0.149 e. The van der Waals surface area contributed by atoms with Crippen molar-refractivity contribution in [3.63, 3.8) is 0 Å². The number of rotatable bonds is 4. The Morgan fingerprint density at radius 3 is 1.16 bits per heavy atom. The third kappa shape index (κ3) is 6.17. The van der Waals surface area contributed by atoms with Crippen molar-refractivity contribution in [3.8, 4) is 42.3 Å². The van der Waals surface area contributed by atoms with Gasteiger partial charge in [-0.15, -0.1) is 20.4 Å². The highest BCUT2D eigenvalue weighted by Crippen LogP contribution is 2.34. The minimum atomic E-state index is 0.703. The van der Waals surface area contributed by atoms with Crippen LogP contribution >= 0.6 is 45.9 Å². The Hall–Kier alpha value is -3.42. The topological polar surface area (TPSA) is 51.6 Å². The van der Waals surface area contributed by atoms with Crippen LogP contribution in [0.3, 0.4) is 0 Å². The van der Waals surface area contributed by atoms with Gasteiger partial charge in [-0.25, -0.2) is 0 Å². The molecule has 0 unspecified atom stereocenters. The van der Waals surface area contributed by atoms with Gasteiger partial charge >= 0.3 is 0 Å². The van der Waals surface area contributed by atoms with Gasteiger partial charge in [-0.3, -0.25) is 0 Å². The number of hydrogen-bond acceptors (Lipinski definition) is 6. The summed E-state index contributed by atoms with van der Waals surface area (Å²) in [5, 5.41) is 21.9. The lowest BCUT2D eigenvalue weighted by atomic mass is 10.2. The summed E-state index contributed by atoms with van der Waals surface area (Å²) in [5.74, 6) is 0. The summed E-state index contributed by atoms with van der Waals surface area (Å²) in [6.07, 6.45) is 0. The second-order valence-corrected chi connectivity index (χ2v) is 11.3. The molecule has 0 spiro atoms. The van der Waals surface area contributed by atoms with Gasteiger partial charge < -0.3 is 0 Å². The molecule has 0 fully saturated rings. The van der Waals surface area contributed by atoms with E-state index in [0.717, 1.165) is 42.3 Å². The third-order valence-electron chi connectivity index (χ3n) is 5.66. The van der Waals surface area contributed by atoms with E-state index in [9.17, 15) is 0 Å². The molecule has 0 saturated carbocycles. The van der Waals surface area contributed by atoms with Gasteiger partial charge in [0, 0.05) is 22.3 Å². The fourth-order valence-corrected chi connectivity index (χ4v) is 5.90. The summed E-state index contributed by atoms with van der Waals surface area (Å²) in [5.41, 5.74) is 6.50. The monoisotopic (exact) mass is 572 g/mol. The lowest BCUT2D eigenvalue weighted by Crippen LogP contribution is -1.78. The fraction of sp³-hybridized carbons (Fsp3) is 0.0667. The van der Waals surface area contributed by atoms with E-state index in [1.54, 1.807) is 22.7 Å². The SMILES string of the molecule is Cc1ccc(-c2nnc(-c3ccccc3Cl)s2)cc1.Cc1ccc(-c2nnc(-c3ccccc3Cl)s2)cc1. The Bertz CT molecular complexity index is 1530. The molecule has 0 saturated heterocycles. The molecule has 2 aromatic heterocycles. The van der Waals surface area contributed by atoms with Crippen LogP contribution in [0.25, 0.3) is 42.3 Å². The molecule has 2 heterocycles. The van der Waals surface area contributed by atoms with Gasteiger partial charge in [0.2, 0.25) is 0 Å². The number of halogens is 2. The van der Waals surface area contributed by atoms with Crippen molar-refractivity contribution >= 4 is 45.9 Å². The average molecular weight is 574 g/mol. The summed E-state index contributed by atoms with van der Waals surface area (Å²) in [7, 11) is 0. The van der Waals surface area contributed by atoms with Crippen molar-refractivity contribution in [1.29, 1.82) is 0 Å². The van der Waals surface area contributed by atoms with Crippen molar-refractivity contribution in [1.82, 2.24) is 20.4 Å². The molecule has 0 amide bonds. The quantitative estimate of drug-likeness (QED) is 0.211. The predicted molar refractivity (Wildman–Crippen MR) is 161 cm³/mol. The Balaban J connectivity index is 0.000000155. The Morgan fingerprint density at radius 2 is 0.789 bits per heavy atom. The molecular weight excluding hydrogens is 551 g/mol. The van der Waals surface area contributed by atoms with Crippen LogP contribution in [-0.2, 0) is 0 Å². The number of aromatic nitrogens is 4. The molecule has 38 heavy (non-hydrogen) atoms. The first-order chi connectivity index (χ1) is 18.5. The number of hydrogen-bond donors (Lipinski definition) is 0. The van der Waals surface area contributed by atoms with Gasteiger partial charge in [0.25, 0.3) is 0 Å². The van der Waals surface area contributed by atoms with E-state index < -0.39 is 0 Å². The first kappa shape index (κ1) is 26.2. The molecule has 0 atom stereocenters. The van der Waals surface area contributed by atoms with Crippen LogP contribution in [-0.4, -0.2) is 20.4 Å². The number of benzene rings is 4. The van der Waals surface area contributed by atoms with E-state index in [1.165, 1.54) is 11.1 Å². The number of aryl methyl sites for hydroxylation is 2. The summed E-state index contributed by atoms with van der Waals surface area (Å²) < 4.78 is 0. The zero-order valence-corrected chi connectivity index (χ0v) is 23.7. The van der Waals surface area contributed by atoms with Crippen LogP contribution in [0, 0.1) is 13.8 Å². The van der Waals surface area contributed by atoms with Gasteiger partial charge in [-0.1, -0.05) is 142 Å². The summed E-state index contributed by atoms with van der Waals surface area (Å²) in [4.78, 5) is 0. The van der Waals surface area contributed by atoms with Gasteiger partial charge in [-0.2, -0.15) is 0 Å². The summed E-state index contributed by atoms with van der Waals surface area (Å²) in [6.45, 7) is 4.14. The van der Waals surface area contributed by atoms with E-state index in [1.807, 2.05) is 48.5 Å². The Labute approximate surface area is 239 Å². The zero-order valence-electron chi connectivity index (χ0n) is 20.6. The Kier molecular flexibility index (Phi) is 8.25. The van der Waals surface area contributed by atoms with Gasteiger partial charge in [0.15, 0.2) is 0 Å². The normalized spacial score (nSPS) is 10.6. The van der Waals surface area contributed by atoms with Crippen molar-refractivity contribution < 1.29 is 0 Å². The smallest absolute Gasteiger partial charge is 0.138 e. The third-order valence-corrected chi connectivity index (χ3v) is 8.33. The van der Waals surface area contributed by atoms with E-state index >= 15 is 0 Å². The molecule has 8 heteroatoms. The van der Waals surface area contributed by atoms with Crippen molar-refractivity contribution in [2.75, 3.05) is 0 Å². The van der Waals surface area contributed by atoms with Gasteiger partial charge in [0.1, 0.15) is 20.0 Å². The minimum absolute atomic E-state index is 0.703. The van der Waals surface area contributed by atoms with E-state index in [2.05, 4.69) is 82.8 Å². The molecule has 0 aliphatic rings. The highest BCUT2D eigenvalue weighted by atomic mass is 35.5. The Morgan fingerprint density at radius 1 is 0.447 bits per heavy atom. The van der Waals surface area contributed by atoms with Gasteiger partial charge in [-0.05, 0) is 26.0 Å². The van der Waals surface area contributed by atoms with Crippen LogP contribution < -0.4 is 0 Å². The molecule has 4 aromatic carbocycles. The van der Waals surface area contributed by atoms with E-state index in [4.69, 9.17) is 23.2 Å². The highest BCUT2D eigenvalue weighted by Gasteiger charge is 2.12. The summed E-state index contributed by atoms with van der Waals surface area (Å²) >= 11 is 15.5. The molecule has 0 radical (unpaired) electrons. The van der Waals surface area contributed by atoms with Crippen LogP contribution in [0.2, 0.25) is 10.0 Å². The first-order valence-electron chi connectivity index (χ1n) is 11.8. The van der Waals surface area contributed by atoms with Gasteiger partial charge in [0.05, 0.1) is 10.0 Å². The van der Waals surface area contributed by atoms with Crippen molar-refractivity contribution in [2.45, 2.75) is 13.8 Å². The lowest BCUT2D eigenvalue weighted by Gasteiger charge is -1.97. The molecule has 6 aromatic rings. The van der Waals surface area contributed by atoms with Crippen LogP contribution in [0.4, 0.5) is 0 Å². The maximum absolute atomic E-state index is 6.17. The lowest BCUT2D eigenvalue weighted by molar-refractivity contribution is 1.10. The molecule has 0 aliphatic carbocycles. The molecule has 4 nitrogen and oxygen atoms in total. The zero-order chi connectivity index (χ0) is 26.5. The average Bonchev–Trinajstić information content (AvgIpc) is 3.61. The second-order valence-electron chi connectivity index (χ2n) is 8.52. The van der Waals surface area contributed by atoms with E-state index in [-0.39, 0.29) is 0 Å². The molecule has 0 aliphatic heterocycles. The molecule has 0 N–H and O–H groups in total. The second kappa shape index (κ2) is 12.0. The number of nitrogens with zero attached hydrogens (tertiary/aromatic N) is 4. The van der Waals surface area contributed by atoms with Crippen LogP contribution in [0.1, 0.15) is 11.1 Å². The van der Waals surface area contributed by atoms with Crippen molar-refractivity contribution in [3.05, 3.63) is 118 Å². The summed E-state index contributed by atoms with van der Waals surface area (Å²) in [6, 6.07) is 31.9.